The fourth-order valence-electron chi connectivity index (χ4n) is 2.76. The summed E-state index contributed by atoms with van der Waals surface area (Å²) in [4.78, 5) is 2.13. The third-order valence-corrected chi connectivity index (χ3v) is 5.49. The van der Waals surface area contributed by atoms with Gasteiger partial charge in [0.05, 0.1) is 0 Å². The van der Waals surface area contributed by atoms with Crippen molar-refractivity contribution in [2.24, 2.45) is 0 Å². The lowest BCUT2D eigenvalue weighted by atomic mass is 9.61. The van der Waals surface area contributed by atoms with Gasteiger partial charge in [0.25, 0.3) is 0 Å². The van der Waals surface area contributed by atoms with E-state index in [1.165, 1.54) is 16.8 Å². The topological polar surface area (TPSA) is 3.24 Å². The number of halogens is 1. The summed E-state index contributed by atoms with van der Waals surface area (Å²) in [5.41, 5.74) is 3.88. The van der Waals surface area contributed by atoms with Crippen molar-refractivity contribution >= 4 is 17.3 Å². The molecule has 0 amide bonds. The first kappa shape index (κ1) is 16.9. The van der Waals surface area contributed by atoms with Gasteiger partial charge in [-0.05, 0) is 46.2 Å². The molecule has 0 aliphatic carbocycles. The van der Waals surface area contributed by atoms with Crippen molar-refractivity contribution in [3.63, 3.8) is 0 Å². The highest BCUT2D eigenvalue weighted by Crippen LogP contribution is 2.44. The first-order chi connectivity index (χ1) is 10.2. The molecule has 0 radical (unpaired) electrons. The predicted molar refractivity (Wildman–Crippen MR) is 98.3 cm³/mol. The molecule has 0 unspecified atom stereocenters. The van der Waals surface area contributed by atoms with Crippen molar-refractivity contribution < 1.29 is 0 Å². The van der Waals surface area contributed by atoms with Crippen molar-refractivity contribution in [2.45, 2.75) is 38.5 Å². The molecule has 1 nitrogen and oxygen atoms in total. The second-order valence-electron chi connectivity index (χ2n) is 7.20. The molecule has 2 aromatic rings. The molecule has 0 heterocycles. The summed E-state index contributed by atoms with van der Waals surface area (Å²) in [5, 5.41) is 0.785. The van der Waals surface area contributed by atoms with Gasteiger partial charge in [0, 0.05) is 24.8 Å². The summed E-state index contributed by atoms with van der Waals surface area (Å²) in [6.45, 7) is 9.23. The number of nitrogens with zero attached hydrogens (tertiary/aromatic N) is 1. The molecule has 2 heteroatoms. The number of benzene rings is 2. The zero-order valence-corrected chi connectivity index (χ0v) is 15.2. The Balaban J connectivity index is 2.40. The number of hydrogen-bond acceptors (Lipinski definition) is 1. The van der Waals surface area contributed by atoms with E-state index in [1.807, 2.05) is 12.1 Å². The molecule has 0 spiro atoms. The first-order valence-electron chi connectivity index (χ1n) is 7.70. The van der Waals surface area contributed by atoms with Crippen LogP contribution in [0.5, 0.6) is 0 Å². The fourth-order valence-corrected chi connectivity index (χ4v) is 2.89. The third-order valence-electron chi connectivity index (χ3n) is 5.23. The minimum absolute atomic E-state index is 0.00276. The van der Waals surface area contributed by atoms with Crippen LogP contribution < -0.4 is 4.90 Å². The van der Waals surface area contributed by atoms with Crippen LogP contribution in [0.15, 0.2) is 48.5 Å². The molecule has 2 rings (SSSR count). The van der Waals surface area contributed by atoms with E-state index in [4.69, 9.17) is 11.6 Å². The Morgan fingerprint density at radius 3 is 1.41 bits per heavy atom. The highest BCUT2D eigenvalue weighted by atomic mass is 35.5. The molecule has 0 aromatic heterocycles. The average molecular weight is 316 g/mol. The molecule has 118 valence electrons. The molecule has 0 saturated heterocycles. The average Bonchev–Trinajstić information content (AvgIpc) is 2.47. The second kappa shape index (κ2) is 5.96. The monoisotopic (exact) mass is 315 g/mol. The van der Waals surface area contributed by atoms with Gasteiger partial charge in [0.1, 0.15) is 0 Å². The number of anilines is 1. The van der Waals surface area contributed by atoms with E-state index in [1.54, 1.807) is 0 Å². The number of hydrogen-bond donors (Lipinski definition) is 0. The highest BCUT2D eigenvalue weighted by Gasteiger charge is 2.39. The van der Waals surface area contributed by atoms with Gasteiger partial charge in [0.15, 0.2) is 0 Å². The Morgan fingerprint density at radius 1 is 0.682 bits per heavy atom. The molecule has 0 N–H and O–H groups in total. The molecule has 0 atom stereocenters. The van der Waals surface area contributed by atoms with E-state index in [0.29, 0.717) is 0 Å². The van der Waals surface area contributed by atoms with E-state index >= 15 is 0 Å². The highest BCUT2D eigenvalue weighted by molar-refractivity contribution is 6.30. The Kier molecular flexibility index (Phi) is 4.58. The summed E-state index contributed by atoms with van der Waals surface area (Å²) in [6.07, 6.45) is 0. The van der Waals surface area contributed by atoms with Crippen LogP contribution in [0.1, 0.15) is 38.8 Å². The minimum Gasteiger partial charge on any atom is -0.378 e. The van der Waals surface area contributed by atoms with E-state index in [9.17, 15) is 0 Å². The van der Waals surface area contributed by atoms with Crippen molar-refractivity contribution in [1.29, 1.82) is 0 Å². The van der Waals surface area contributed by atoms with Gasteiger partial charge >= 0.3 is 0 Å². The van der Waals surface area contributed by atoms with Gasteiger partial charge in [-0.2, -0.15) is 0 Å². The third kappa shape index (κ3) is 3.01. The zero-order valence-electron chi connectivity index (χ0n) is 14.4. The lowest BCUT2D eigenvalue weighted by molar-refractivity contribution is 0.303. The molecular weight excluding hydrogens is 290 g/mol. The smallest absolute Gasteiger partial charge is 0.0406 e. The lowest BCUT2D eigenvalue weighted by Crippen LogP contribution is -2.40. The summed E-state index contributed by atoms with van der Waals surface area (Å²) < 4.78 is 0. The van der Waals surface area contributed by atoms with Crippen molar-refractivity contribution in [1.82, 2.24) is 0 Å². The van der Waals surface area contributed by atoms with Crippen LogP contribution in [-0.4, -0.2) is 14.1 Å². The maximum Gasteiger partial charge on any atom is 0.0406 e. The summed E-state index contributed by atoms with van der Waals surface area (Å²) in [6, 6.07) is 17.1. The molecule has 2 aromatic carbocycles. The zero-order chi connectivity index (χ0) is 16.5. The molecule has 22 heavy (non-hydrogen) atoms. The van der Waals surface area contributed by atoms with Gasteiger partial charge in [-0.15, -0.1) is 0 Å². The summed E-state index contributed by atoms with van der Waals surface area (Å²) >= 11 is 6.04. The van der Waals surface area contributed by atoms with Gasteiger partial charge < -0.3 is 4.90 Å². The van der Waals surface area contributed by atoms with Crippen LogP contribution in [0.25, 0.3) is 0 Å². The maximum absolute atomic E-state index is 6.04. The SMILES string of the molecule is CN(C)c1ccc(C(C)(C)C(C)(C)c2ccc(Cl)cc2)cc1. The minimum atomic E-state index is -0.00276. The van der Waals surface area contributed by atoms with Gasteiger partial charge in [-0.1, -0.05) is 63.6 Å². The quantitative estimate of drug-likeness (QED) is 0.703. The molecular formula is C20H26ClN. The maximum atomic E-state index is 6.04. The van der Waals surface area contributed by atoms with Gasteiger partial charge in [-0.3, -0.25) is 0 Å². The summed E-state index contributed by atoms with van der Waals surface area (Å²) in [5.74, 6) is 0. The number of rotatable bonds is 4. The van der Waals surface area contributed by atoms with Crippen LogP contribution in [0.3, 0.4) is 0 Å². The van der Waals surface area contributed by atoms with Gasteiger partial charge in [-0.25, -0.2) is 0 Å². The Bertz CT molecular complexity index is 622. The molecule has 0 saturated carbocycles. The predicted octanol–water partition coefficient (Wildman–Crippen LogP) is 5.66. The Morgan fingerprint density at radius 2 is 1.05 bits per heavy atom. The molecule has 0 bridgehead atoms. The Hall–Kier alpha value is -1.47. The second-order valence-corrected chi connectivity index (χ2v) is 7.63. The lowest BCUT2D eigenvalue weighted by Gasteiger charge is -2.43. The molecule has 0 aliphatic rings. The van der Waals surface area contributed by atoms with Crippen molar-refractivity contribution in [3.8, 4) is 0 Å². The summed E-state index contributed by atoms with van der Waals surface area (Å²) in [7, 11) is 4.13. The van der Waals surface area contributed by atoms with Crippen LogP contribution in [0, 0.1) is 0 Å². The van der Waals surface area contributed by atoms with E-state index in [0.717, 1.165) is 5.02 Å². The van der Waals surface area contributed by atoms with Crippen molar-refractivity contribution in [3.05, 3.63) is 64.7 Å². The molecule has 0 fully saturated rings. The first-order valence-corrected chi connectivity index (χ1v) is 8.08. The Labute approximate surface area is 139 Å². The van der Waals surface area contributed by atoms with Crippen LogP contribution in [-0.2, 0) is 10.8 Å². The van der Waals surface area contributed by atoms with E-state index < -0.39 is 0 Å². The largest absolute Gasteiger partial charge is 0.378 e. The van der Waals surface area contributed by atoms with Crippen LogP contribution >= 0.6 is 11.6 Å². The van der Waals surface area contributed by atoms with Crippen LogP contribution in [0.2, 0.25) is 5.02 Å². The molecule has 0 aliphatic heterocycles. The normalized spacial score (nSPS) is 12.3. The fraction of sp³-hybridized carbons (Fsp3) is 0.400. The van der Waals surface area contributed by atoms with E-state index in [-0.39, 0.29) is 10.8 Å². The standard InChI is InChI=1S/C20H26ClN/c1-19(2,15-7-11-17(21)12-8-15)20(3,4)16-9-13-18(14-10-16)22(5)6/h7-14H,1-6H3. The van der Waals surface area contributed by atoms with Gasteiger partial charge in [0.2, 0.25) is 0 Å². The van der Waals surface area contributed by atoms with Crippen LogP contribution in [0.4, 0.5) is 5.69 Å². The van der Waals surface area contributed by atoms with Crippen molar-refractivity contribution in [2.75, 3.05) is 19.0 Å². The van der Waals surface area contributed by atoms with E-state index in [2.05, 4.69) is 83.1 Å².